The monoisotopic (exact) mass is 412 g/mol. The molecule has 0 spiro atoms. The molecule has 0 radical (unpaired) electrons. The van der Waals surface area contributed by atoms with Crippen LogP contribution >= 0.6 is 0 Å². The summed E-state index contributed by atoms with van der Waals surface area (Å²) < 4.78 is 0. The molecule has 0 bridgehead atoms. The summed E-state index contributed by atoms with van der Waals surface area (Å²) in [6.07, 6.45) is 8.39. The van der Waals surface area contributed by atoms with Crippen molar-refractivity contribution in [2.24, 2.45) is 5.92 Å². The number of rotatable bonds is 6. The molecule has 2 aliphatic rings. The average Bonchev–Trinajstić information content (AvgIpc) is 3.21. The molecule has 162 valence electrons. The largest absolute Gasteiger partial charge is 0.361 e. The Labute approximate surface area is 177 Å². The van der Waals surface area contributed by atoms with E-state index in [1.807, 2.05) is 11.1 Å². The maximum Gasteiger partial charge on any atom is 0.270 e. The number of likely N-dealkylation sites (N-methyl/N-ethyl adjacent to an activating group) is 1. The Morgan fingerprint density at radius 3 is 2.60 bits per heavy atom. The number of aromatic nitrogens is 1. The number of nitro benzene ring substituents is 1. The van der Waals surface area contributed by atoms with Crippen molar-refractivity contribution in [3.8, 4) is 0 Å². The van der Waals surface area contributed by atoms with Gasteiger partial charge in [0, 0.05) is 61.8 Å². The fraction of sp³-hybridized carbons (Fsp3) is 0.609. The predicted octanol–water partition coefficient (Wildman–Crippen LogP) is 4.29. The molecular formula is C23H32N4O3. The van der Waals surface area contributed by atoms with Crippen LogP contribution in [0.5, 0.6) is 0 Å². The summed E-state index contributed by atoms with van der Waals surface area (Å²) in [6.45, 7) is 6.66. The third kappa shape index (κ3) is 4.36. The minimum absolute atomic E-state index is 0.104. The van der Waals surface area contributed by atoms with E-state index in [1.54, 1.807) is 12.1 Å². The van der Waals surface area contributed by atoms with Crippen molar-refractivity contribution in [2.45, 2.75) is 51.4 Å². The van der Waals surface area contributed by atoms with Crippen molar-refractivity contribution in [1.29, 1.82) is 0 Å². The second-order valence-corrected chi connectivity index (χ2v) is 8.75. The van der Waals surface area contributed by atoms with Crippen LogP contribution in [0, 0.1) is 16.0 Å². The molecule has 1 atom stereocenters. The molecule has 2 fully saturated rings. The second-order valence-electron chi connectivity index (χ2n) is 8.75. The highest BCUT2D eigenvalue weighted by atomic mass is 16.6. The van der Waals surface area contributed by atoms with Gasteiger partial charge in [-0.1, -0.05) is 26.2 Å². The number of benzene rings is 1. The van der Waals surface area contributed by atoms with Crippen LogP contribution < -0.4 is 0 Å². The Morgan fingerprint density at radius 1 is 1.20 bits per heavy atom. The van der Waals surface area contributed by atoms with Gasteiger partial charge in [-0.05, 0) is 42.9 Å². The second kappa shape index (κ2) is 9.16. The lowest BCUT2D eigenvalue weighted by Gasteiger charge is -2.36. The molecule has 1 aliphatic carbocycles. The number of aromatic amines is 1. The van der Waals surface area contributed by atoms with Gasteiger partial charge in [0.05, 0.1) is 4.92 Å². The average molecular weight is 413 g/mol. The molecule has 1 saturated carbocycles. The highest BCUT2D eigenvalue weighted by molar-refractivity contribution is 5.87. The number of nitro groups is 1. The number of carbonyl (C=O) groups is 1. The normalized spacial score (nSPS) is 19.8. The van der Waals surface area contributed by atoms with Gasteiger partial charge in [0.2, 0.25) is 5.91 Å². The molecule has 2 heterocycles. The molecule has 2 aromatic rings. The zero-order chi connectivity index (χ0) is 21.1. The van der Waals surface area contributed by atoms with Gasteiger partial charge in [0.15, 0.2) is 0 Å². The number of piperazine rings is 1. The quantitative estimate of drug-likeness (QED) is 0.567. The lowest BCUT2D eigenvalue weighted by atomic mass is 9.75. The summed E-state index contributed by atoms with van der Waals surface area (Å²) in [7, 11) is 0. The fourth-order valence-corrected chi connectivity index (χ4v) is 5.25. The first kappa shape index (κ1) is 20.8. The Bertz CT molecular complexity index is 895. The topological polar surface area (TPSA) is 82.5 Å². The van der Waals surface area contributed by atoms with Crippen molar-refractivity contribution in [2.75, 3.05) is 32.7 Å². The molecule has 1 aromatic carbocycles. The first-order valence-corrected chi connectivity index (χ1v) is 11.3. The molecule has 7 heteroatoms. The van der Waals surface area contributed by atoms with Crippen molar-refractivity contribution in [3.63, 3.8) is 0 Å². The van der Waals surface area contributed by atoms with Crippen LogP contribution in [0.15, 0.2) is 24.4 Å². The molecule has 1 N–H and O–H groups in total. The summed E-state index contributed by atoms with van der Waals surface area (Å²) in [5, 5.41) is 12.2. The lowest BCUT2D eigenvalue weighted by molar-refractivity contribution is -0.384. The number of nitrogens with zero attached hydrogens (tertiary/aromatic N) is 3. The number of amides is 1. The maximum absolute atomic E-state index is 13.2. The number of hydrogen-bond acceptors (Lipinski definition) is 4. The van der Waals surface area contributed by atoms with Crippen molar-refractivity contribution < 1.29 is 9.72 Å². The number of non-ortho nitro benzene ring substituents is 1. The molecule has 30 heavy (non-hydrogen) atoms. The summed E-state index contributed by atoms with van der Waals surface area (Å²) in [5.74, 6) is 0.789. The first-order chi connectivity index (χ1) is 14.6. The summed E-state index contributed by atoms with van der Waals surface area (Å²) in [5.41, 5.74) is 2.08. The zero-order valence-corrected chi connectivity index (χ0v) is 17.8. The SMILES string of the molecule is CCN1CCN(C(=O)C[C@@H](c2c[nH]c3ccc([N+](=O)[O-])cc23)C2CCCCC2)CC1. The number of H-pyrrole nitrogens is 1. The van der Waals surface area contributed by atoms with E-state index in [1.165, 1.54) is 25.3 Å². The maximum atomic E-state index is 13.2. The Hall–Kier alpha value is -2.41. The van der Waals surface area contributed by atoms with Crippen LogP contribution in [-0.2, 0) is 4.79 Å². The molecule has 1 aromatic heterocycles. The van der Waals surface area contributed by atoms with E-state index in [0.29, 0.717) is 12.3 Å². The van der Waals surface area contributed by atoms with Gasteiger partial charge < -0.3 is 14.8 Å². The minimum Gasteiger partial charge on any atom is -0.361 e. The van der Waals surface area contributed by atoms with Crippen molar-refractivity contribution >= 4 is 22.5 Å². The van der Waals surface area contributed by atoms with Crippen molar-refractivity contribution in [1.82, 2.24) is 14.8 Å². The van der Waals surface area contributed by atoms with Crippen molar-refractivity contribution in [3.05, 3.63) is 40.1 Å². The van der Waals surface area contributed by atoms with Crippen LogP contribution in [0.2, 0.25) is 0 Å². The van der Waals surface area contributed by atoms with Gasteiger partial charge in [-0.15, -0.1) is 0 Å². The summed E-state index contributed by atoms with van der Waals surface area (Å²) in [4.78, 5) is 31.9. The van der Waals surface area contributed by atoms with Gasteiger partial charge in [-0.2, -0.15) is 0 Å². The first-order valence-electron chi connectivity index (χ1n) is 11.3. The molecule has 1 aliphatic heterocycles. The Morgan fingerprint density at radius 2 is 1.93 bits per heavy atom. The molecule has 4 rings (SSSR count). The fourth-order valence-electron chi connectivity index (χ4n) is 5.25. The smallest absolute Gasteiger partial charge is 0.270 e. The van der Waals surface area contributed by atoms with E-state index in [9.17, 15) is 14.9 Å². The van der Waals surface area contributed by atoms with E-state index < -0.39 is 0 Å². The third-order valence-electron chi connectivity index (χ3n) is 7.09. The van der Waals surface area contributed by atoms with Gasteiger partial charge in [0.25, 0.3) is 5.69 Å². The van der Waals surface area contributed by atoms with E-state index in [2.05, 4.69) is 16.8 Å². The number of nitrogens with one attached hydrogen (secondary N) is 1. The third-order valence-corrected chi connectivity index (χ3v) is 7.09. The molecule has 1 saturated heterocycles. The van der Waals surface area contributed by atoms with E-state index in [4.69, 9.17) is 0 Å². The van der Waals surface area contributed by atoms with Crippen LogP contribution in [0.25, 0.3) is 10.9 Å². The Kier molecular flexibility index (Phi) is 6.37. The summed E-state index contributed by atoms with van der Waals surface area (Å²) >= 11 is 0. The molecule has 7 nitrogen and oxygen atoms in total. The van der Waals surface area contributed by atoms with Crippen LogP contribution in [-0.4, -0.2) is 58.3 Å². The van der Waals surface area contributed by atoms with Crippen LogP contribution in [0.3, 0.4) is 0 Å². The van der Waals surface area contributed by atoms with Crippen LogP contribution in [0.4, 0.5) is 5.69 Å². The standard InChI is InChI=1S/C23H32N4O3/c1-2-25-10-12-26(13-11-25)23(28)15-19(17-6-4-3-5-7-17)21-16-24-22-9-8-18(27(29)30)14-20(21)22/h8-9,14,16-17,19,24H,2-7,10-13,15H2,1H3/t19-/m1/s1. The van der Waals surface area contributed by atoms with Gasteiger partial charge >= 0.3 is 0 Å². The van der Waals surface area contributed by atoms with Gasteiger partial charge in [-0.3, -0.25) is 14.9 Å². The number of fused-ring (bicyclic) bond motifs is 1. The van der Waals surface area contributed by atoms with E-state index >= 15 is 0 Å². The Balaban J connectivity index is 1.60. The molecule has 0 unspecified atom stereocenters. The lowest BCUT2D eigenvalue weighted by Crippen LogP contribution is -2.48. The number of hydrogen-bond donors (Lipinski definition) is 1. The van der Waals surface area contributed by atoms with E-state index in [-0.39, 0.29) is 22.4 Å². The predicted molar refractivity (Wildman–Crippen MR) is 118 cm³/mol. The number of carbonyl (C=O) groups excluding carboxylic acids is 1. The highest BCUT2D eigenvalue weighted by Crippen LogP contribution is 2.41. The molecule has 1 amide bonds. The zero-order valence-electron chi connectivity index (χ0n) is 17.8. The van der Waals surface area contributed by atoms with Crippen LogP contribution in [0.1, 0.15) is 56.9 Å². The summed E-state index contributed by atoms with van der Waals surface area (Å²) in [6, 6.07) is 4.98. The molecular weight excluding hydrogens is 380 g/mol. The minimum atomic E-state index is -0.343. The van der Waals surface area contributed by atoms with E-state index in [0.717, 1.165) is 62.0 Å². The van der Waals surface area contributed by atoms with Gasteiger partial charge in [0.1, 0.15) is 0 Å². The van der Waals surface area contributed by atoms with Gasteiger partial charge in [-0.25, -0.2) is 0 Å². The highest BCUT2D eigenvalue weighted by Gasteiger charge is 2.31.